The number of nitrogens with one attached hydrogen (secondary N) is 1. The summed E-state index contributed by atoms with van der Waals surface area (Å²) >= 11 is 1.17. The van der Waals surface area contributed by atoms with Crippen molar-refractivity contribution in [2.45, 2.75) is 4.21 Å². The van der Waals surface area contributed by atoms with Crippen molar-refractivity contribution < 1.29 is 8.42 Å². The van der Waals surface area contributed by atoms with Gasteiger partial charge in [0, 0.05) is 18.3 Å². The highest BCUT2D eigenvalue weighted by molar-refractivity contribution is 7.94. The summed E-state index contributed by atoms with van der Waals surface area (Å²) < 4.78 is 28.7. The van der Waals surface area contributed by atoms with Crippen LogP contribution >= 0.6 is 11.3 Å². The van der Waals surface area contributed by atoms with E-state index in [-0.39, 0.29) is 4.21 Å². The molecule has 0 radical (unpaired) electrons. The lowest BCUT2D eigenvalue weighted by Crippen LogP contribution is -2.11. The van der Waals surface area contributed by atoms with Gasteiger partial charge in [0.2, 0.25) is 0 Å². The normalized spacial score (nSPS) is 11.5. The molecule has 2 aromatic heterocycles. The number of tetrazole rings is 1. The van der Waals surface area contributed by atoms with Crippen molar-refractivity contribution in [1.82, 2.24) is 20.2 Å². The highest BCUT2D eigenvalue weighted by Crippen LogP contribution is 2.23. The number of rotatable bonds is 4. The number of thiophene rings is 1. The SMILES string of the molecule is Cn1nnnc1-c1cccc(NS(=O)(=O)c2cccs2)c1. The molecule has 0 aliphatic carbocycles. The van der Waals surface area contributed by atoms with E-state index in [1.807, 2.05) is 6.07 Å². The van der Waals surface area contributed by atoms with Crippen LogP contribution in [0.5, 0.6) is 0 Å². The Bertz CT molecular complexity index is 855. The van der Waals surface area contributed by atoms with E-state index < -0.39 is 10.0 Å². The van der Waals surface area contributed by atoms with Gasteiger partial charge in [0.1, 0.15) is 4.21 Å². The third kappa shape index (κ3) is 2.78. The fourth-order valence-electron chi connectivity index (χ4n) is 1.82. The van der Waals surface area contributed by atoms with Crippen LogP contribution in [0.4, 0.5) is 5.69 Å². The number of hydrogen-bond acceptors (Lipinski definition) is 6. The molecule has 0 saturated heterocycles. The molecule has 7 nitrogen and oxygen atoms in total. The van der Waals surface area contributed by atoms with Crippen LogP contribution in [0.3, 0.4) is 0 Å². The van der Waals surface area contributed by atoms with Gasteiger partial charge in [-0.1, -0.05) is 18.2 Å². The molecule has 0 unspecified atom stereocenters. The molecule has 3 aromatic rings. The highest BCUT2D eigenvalue weighted by Gasteiger charge is 2.15. The van der Waals surface area contributed by atoms with Crippen molar-refractivity contribution >= 4 is 27.0 Å². The van der Waals surface area contributed by atoms with E-state index in [2.05, 4.69) is 20.2 Å². The number of benzene rings is 1. The minimum absolute atomic E-state index is 0.272. The monoisotopic (exact) mass is 321 g/mol. The maximum Gasteiger partial charge on any atom is 0.271 e. The van der Waals surface area contributed by atoms with Gasteiger partial charge in [-0.25, -0.2) is 13.1 Å². The molecule has 1 aromatic carbocycles. The Morgan fingerprint density at radius 2 is 2.10 bits per heavy atom. The van der Waals surface area contributed by atoms with Crippen LogP contribution in [-0.2, 0) is 17.1 Å². The van der Waals surface area contributed by atoms with Gasteiger partial charge in [0.25, 0.3) is 10.0 Å². The van der Waals surface area contributed by atoms with E-state index in [1.54, 1.807) is 42.8 Å². The largest absolute Gasteiger partial charge is 0.279 e. The molecule has 108 valence electrons. The third-order valence-corrected chi connectivity index (χ3v) is 5.53. The van der Waals surface area contributed by atoms with Crippen LogP contribution in [0.25, 0.3) is 11.4 Å². The Labute approximate surface area is 125 Å². The van der Waals surface area contributed by atoms with Gasteiger partial charge < -0.3 is 0 Å². The molecule has 0 atom stereocenters. The predicted octanol–water partition coefficient (Wildman–Crippen LogP) is 1.74. The second-order valence-corrected chi connectivity index (χ2v) is 7.10. The minimum atomic E-state index is -3.56. The molecule has 9 heteroatoms. The second-order valence-electron chi connectivity index (χ2n) is 4.24. The topological polar surface area (TPSA) is 89.8 Å². The summed E-state index contributed by atoms with van der Waals surface area (Å²) in [5, 5.41) is 12.9. The molecule has 0 amide bonds. The Hall–Kier alpha value is -2.26. The van der Waals surface area contributed by atoms with E-state index in [4.69, 9.17) is 0 Å². The number of sulfonamides is 1. The number of nitrogens with zero attached hydrogens (tertiary/aromatic N) is 4. The Morgan fingerprint density at radius 1 is 1.24 bits per heavy atom. The lowest BCUT2D eigenvalue weighted by Gasteiger charge is -2.07. The first-order valence-corrected chi connectivity index (χ1v) is 8.32. The van der Waals surface area contributed by atoms with E-state index in [0.29, 0.717) is 11.5 Å². The van der Waals surface area contributed by atoms with Gasteiger partial charge in [-0.15, -0.1) is 16.4 Å². The fourth-order valence-corrected chi connectivity index (χ4v) is 3.86. The average Bonchev–Trinajstić information content (AvgIpc) is 3.09. The van der Waals surface area contributed by atoms with Gasteiger partial charge >= 0.3 is 0 Å². The summed E-state index contributed by atoms with van der Waals surface area (Å²) in [6.07, 6.45) is 0. The average molecular weight is 321 g/mol. The van der Waals surface area contributed by atoms with Crippen LogP contribution in [0.1, 0.15) is 0 Å². The number of hydrogen-bond donors (Lipinski definition) is 1. The van der Waals surface area contributed by atoms with Crippen molar-refractivity contribution in [3.8, 4) is 11.4 Å². The van der Waals surface area contributed by atoms with Crippen molar-refractivity contribution in [3.63, 3.8) is 0 Å². The van der Waals surface area contributed by atoms with Gasteiger partial charge in [-0.3, -0.25) is 4.72 Å². The zero-order valence-electron chi connectivity index (χ0n) is 11.0. The van der Waals surface area contributed by atoms with Crippen molar-refractivity contribution in [2.24, 2.45) is 7.05 Å². The first-order chi connectivity index (χ1) is 10.1. The Morgan fingerprint density at radius 3 is 2.76 bits per heavy atom. The molecule has 0 saturated carbocycles. The maximum atomic E-state index is 12.2. The first kappa shape index (κ1) is 13.7. The second kappa shape index (κ2) is 5.26. The summed E-state index contributed by atoms with van der Waals surface area (Å²) in [4.78, 5) is 0. The van der Waals surface area contributed by atoms with Gasteiger partial charge in [0.15, 0.2) is 5.82 Å². The molecule has 3 rings (SSSR count). The van der Waals surface area contributed by atoms with E-state index >= 15 is 0 Å². The molecular formula is C12H11N5O2S2. The third-order valence-electron chi connectivity index (χ3n) is 2.75. The smallest absolute Gasteiger partial charge is 0.271 e. The van der Waals surface area contributed by atoms with Crippen molar-refractivity contribution in [2.75, 3.05) is 4.72 Å². The summed E-state index contributed by atoms with van der Waals surface area (Å²) in [6, 6.07) is 10.2. The number of aromatic nitrogens is 4. The minimum Gasteiger partial charge on any atom is -0.279 e. The summed E-state index contributed by atoms with van der Waals surface area (Å²) in [5.41, 5.74) is 1.19. The molecule has 0 spiro atoms. The van der Waals surface area contributed by atoms with E-state index in [0.717, 1.165) is 5.56 Å². The van der Waals surface area contributed by atoms with E-state index in [1.165, 1.54) is 16.0 Å². The highest BCUT2D eigenvalue weighted by atomic mass is 32.2. The standard InChI is InChI=1S/C12H11N5O2S2/c1-17-12(13-15-16-17)9-4-2-5-10(8-9)14-21(18,19)11-6-3-7-20-11/h2-8,14H,1H3. The van der Waals surface area contributed by atoms with Crippen LogP contribution < -0.4 is 4.72 Å². The lowest BCUT2D eigenvalue weighted by molar-refractivity contribution is 0.603. The van der Waals surface area contributed by atoms with Gasteiger partial charge in [0.05, 0.1) is 0 Å². The number of anilines is 1. The molecule has 0 aliphatic rings. The molecule has 2 heterocycles. The van der Waals surface area contributed by atoms with Crippen molar-refractivity contribution in [3.05, 3.63) is 41.8 Å². The maximum absolute atomic E-state index is 12.2. The van der Waals surface area contributed by atoms with Crippen LogP contribution in [0, 0.1) is 0 Å². The molecule has 21 heavy (non-hydrogen) atoms. The molecule has 0 fully saturated rings. The number of aryl methyl sites for hydroxylation is 1. The van der Waals surface area contributed by atoms with Crippen LogP contribution in [0.15, 0.2) is 46.0 Å². The summed E-state index contributed by atoms with van der Waals surface area (Å²) in [7, 11) is -1.84. The van der Waals surface area contributed by atoms with Crippen LogP contribution in [0.2, 0.25) is 0 Å². The lowest BCUT2D eigenvalue weighted by atomic mass is 10.2. The van der Waals surface area contributed by atoms with Gasteiger partial charge in [-0.05, 0) is 34.0 Å². The molecule has 1 N–H and O–H groups in total. The predicted molar refractivity (Wildman–Crippen MR) is 79.4 cm³/mol. The first-order valence-electron chi connectivity index (χ1n) is 5.95. The quantitative estimate of drug-likeness (QED) is 0.790. The molecule has 0 aliphatic heterocycles. The molecule has 0 bridgehead atoms. The summed E-state index contributed by atoms with van der Waals surface area (Å²) in [6.45, 7) is 0. The zero-order chi connectivity index (χ0) is 14.9. The summed E-state index contributed by atoms with van der Waals surface area (Å²) in [5.74, 6) is 0.562. The van der Waals surface area contributed by atoms with Crippen molar-refractivity contribution in [1.29, 1.82) is 0 Å². The Kier molecular flexibility index (Phi) is 3.43. The fraction of sp³-hybridized carbons (Fsp3) is 0.0833. The van der Waals surface area contributed by atoms with Gasteiger partial charge in [-0.2, -0.15) is 0 Å². The van der Waals surface area contributed by atoms with E-state index in [9.17, 15) is 8.42 Å². The van der Waals surface area contributed by atoms with Crippen LogP contribution in [-0.4, -0.2) is 28.6 Å². The zero-order valence-corrected chi connectivity index (χ0v) is 12.6. The Balaban J connectivity index is 1.93. The molecular weight excluding hydrogens is 310 g/mol.